The van der Waals surface area contributed by atoms with Crippen molar-refractivity contribution in [2.24, 2.45) is 5.10 Å². The summed E-state index contributed by atoms with van der Waals surface area (Å²) in [6, 6.07) is 9.32. The molecule has 0 aliphatic rings. The number of hydrogen-bond acceptors (Lipinski definition) is 6. The molecule has 0 aliphatic heterocycles. The van der Waals surface area contributed by atoms with Gasteiger partial charge in [-0.2, -0.15) is 5.10 Å². The summed E-state index contributed by atoms with van der Waals surface area (Å²) in [4.78, 5) is 22.1. The van der Waals surface area contributed by atoms with Crippen LogP contribution in [-0.2, 0) is 11.2 Å². The summed E-state index contributed by atoms with van der Waals surface area (Å²) < 4.78 is 5.20. The van der Waals surface area contributed by atoms with Gasteiger partial charge in [0.2, 0.25) is 5.91 Å². The van der Waals surface area contributed by atoms with Gasteiger partial charge in [-0.15, -0.1) is 0 Å². The fourth-order valence-electron chi connectivity index (χ4n) is 1.95. The number of halogens is 1. The highest BCUT2D eigenvalue weighted by Crippen LogP contribution is 2.31. The summed E-state index contributed by atoms with van der Waals surface area (Å²) in [6.45, 7) is 0. The van der Waals surface area contributed by atoms with Crippen LogP contribution in [0.5, 0.6) is 11.5 Å². The molecule has 0 radical (unpaired) electrons. The zero-order valence-corrected chi connectivity index (χ0v) is 14.7. The van der Waals surface area contributed by atoms with E-state index in [-0.39, 0.29) is 33.8 Å². The van der Waals surface area contributed by atoms with Crippen molar-refractivity contribution in [2.75, 3.05) is 7.11 Å². The van der Waals surface area contributed by atoms with Crippen molar-refractivity contribution in [3.8, 4) is 11.5 Å². The molecule has 0 atom stereocenters. The molecule has 8 nitrogen and oxygen atoms in total. The molecule has 1 amide bonds. The van der Waals surface area contributed by atoms with Gasteiger partial charge in [-0.1, -0.05) is 12.1 Å². The highest BCUT2D eigenvalue weighted by Gasteiger charge is 2.13. The predicted octanol–water partition coefficient (Wildman–Crippen LogP) is 2.76. The van der Waals surface area contributed by atoms with Crippen LogP contribution >= 0.6 is 15.9 Å². The van der Waals surface area contributed by atoms with E-state index in [1.807, 2.05) is 0 Å². The van der Waals surface area contributed by atoms with Crippen molar-refractivity contribution in [1.29, 1.82) is 0 Å². The first-order valence-electron chi connectivity index (χ1n) is 7.02. The summed E-state index contributed by atoms with van der Waals surface area (Å²) in [5, 5.41) is 24.4. The highest BCUT2D eigenvalue weighted by molar-refractivity contribution is 9.10. The van der Waals surface area contributed by atoms with E-state index in [9.17, 15) is 20.0 Å². The monoisotopic (exact) mass is 407 g/mol. The second-order valence-corrected chi connectivity index (χ2v) is 5.79. The number of nitrogens with zero attached hydrogens (tertiary/aromatic N) is 2. The molecule has 130 valence electrons. The quantitative estimate of drug-likeness (QED) is 0.434. The number of nitro groups is 1. The van der Waals surface area contributed by atoms with Crippen LogP contribution in [0.25, 0.3) is 0 Å². The van der Waals surface area contributed by atoms with Gasteiger partial charge in [0.1, 0.15) is 11.5 Å². The molecule has 25 heavy (non-hydrogen) atoms. The zero-order chi connectivity index (χ0) is 18.4. The number of carbonyl (C=O) groups excluding carboxylic acids is 1. The first kappa shape index (κ1) is 18.4. The van der Waals surface area contributed by atoms with Gasteiger partial charge in [0.25, 0.3) is 5.69 Å². The van der Waals surface area contributed by atoms with Gasteiger partial charge in [0.15, 0.2) is 0 Å². The lowest BCUT2D eigenvalue weighted by atomic mass is 10.1. The molecule has 0 aliphatic carbocycles. The van der Waals surface area contributed by atoms with Crippen LogP contribution in [0, 0.1) is 10.1 Å². The summed E-state index contributed by atoms with van der Waals surface area (Å²) in [5.74, 6) is 0.109. The summed E-state index contributed by atoms with van der Waals surface area (Å²) in [5.41, 5.74) is 2.97. The second kappa shape index (κ2) is 8.25. The standard InChI is InChI=1S/C16H14BrN3O5/c1-25-13-4-2-10(3-5-13)6-15(21)19-18-9-11-7-12(20(23)24)8-14(17)16(11)22/h2-5,7-9,22H,6H2,1H3,(H,19,21)/b18-9-. The molecule has 0 aromatic heterocycles. The highest BCUT2D eigenvalue weighted by atomic mass is 79.9. The van der Waals surface area contributed by atoms with Crippen molar-refractivity contribution < 1.29 is 19.6 Å². The molecule has 2 rings (SSSR count). The van der Waals surface area contributed by atoms with Crippen LogP contribution in [-0.4, -0.2) is 29.3 Å². The molecule has 0 saturated carbocycles. The normalized spacial score (nSPS) is 10.6. The molecule has 0 unspecified atom stereocenters. The molecule has 2 N–H and O–H groups in total. The summed E-state index contributed by atoms with van der Waals surface area (Å²) in [7, 11) is 1.55. The Kier molecular flexibility index (Phi) is 6.07. The number of phenols is 1. The number of ether oxygens (including phenoxy) is 1. The number of non-ortho nitro benzene ring substituents is 1. The Labute approximate surface area is 151 Å². The number of carbonyl (C=O) groups is 1. The van der Waals surface area contributed by atoms with E-state index in [0.29, 0.717) is 5.75 Å². The van der Waals surface area contributed by atoms with Crippen LogP contribution in [0.1, 0.15) is 11.1 Å². The number of aromatic hydroxyl groups is 1. The lowest BCUT2D eigenvalue weighted by Gasteiger charge is -2.04. The van der Waals surface area contributed by atoms with Gasteiger partial charge >= 0.3 is 0 Å². The molecule has 0 bridgehead atoms. The van der Waals surface area contributed by atoms with Crippen LogP contribution in [0.4, 0.5) is 5.69 Å². The number of amides is 1. The fourth-order valence-corrected chi connectivity index (χ4v) is 2.41. The molecule has 0 saturated heterocycles. The third-order valence-electron chi connectivity index (χ3n) is 3.21. The van der Waals surface area contributed by atoms with E-state index in [0.717, 1.165) is 17.8 Å². The van der Waals surface area contributed by atoms with Crippen molar-refractivity contribution in [1.82, 2.24) is 5.43 Å². The van der Waals surface area contributed by atoms with Crippen molar-refractivity contribution in [3.05, 3.63) is 62.1 Å². The van der Waals surface area contributed by atoms with Crippen molar-refractivity contribution in [3.63, 3.8) is 0 Å². The Balaban J connectivity index is 2.02. The third kappa shape index (κ3) is 5.01. The Morgan fingerprint density at radius 3 is 2.68 bits per heavy atom. The Morgan fingerprint density at radius 1 is 1.40 bits per heavy atom. The largest absolute Gasteiger partial charge is 0.506 e. The molecule has 2 aromatic rings. The predicted molar refractivity (Wildman–Crippen MR) is 94.9 cm³/mol. The van der Waals surface area contributed by atoms with Gasteiger partial charge in [0, 0.05) is 17.7 Å². The van der Waals surface area contributed by atoms with E-state index in [1.54, 1.807) is 31.4 Å². The SMILES string of the molecule is COc1ccc(CC(=O)N/N=C\c2cc([N+](=O)[O-])cc(Br)c2O)cc1. The average molecular weight is 408 g/mol. The first-order chi connectivity index (χ1) is 11.9. The van der Waals surface area contributed by atoms with Gasteiger partial charge in [-0.05, 0) is 33.6 Å². The van der Waals surface area contributed by atoms with Crippen LogP contribution < -0.4 is 10.2 Å². The molecule has 2 aromatic carbocycles. The molecule has 0 heterocycles. The Bertz CT molecular complexity index is 821. The molecule has 9 heteroatoms. The van der Waals surface area contributed by atoms with Crippen LogP contribution in [0.15, 0.2) is 46.0 Å². The minimum absolute atomic E-state index is 0.103. The number of phenolic OH excluding ortho intramolecular Hbond substituents is 1. The summed E-state index contributed by atoms with van der Waals surface area (Å²) >= 11 is 3.03. The van der Waals surface area contributed by atoms with Crippen LogP contribution in [0.2, 0.25) is 0 Å². The maximum Gasteiger partial charge on any atom is 0.271 e. The molecule has 0 fully saturated rings. The number of nitrogens with one attached hydrogen (secondary N) is 1. The van der Waals surface area contributed by atoms with Gasteiger partial charge in [0.05, 0.1) is 29.1 Å². The summed E-state index contributed by atoms with van der Waals surface area (Å²) in [6.07, 6.45) is 1.24. The number of methoxy groups -OCH3 is 1. The van der Waals surface area contributed by atoms with Crippen molar-refractivity contribution >= 4 is 33.7 Å². The van der Waals surface area contributed by atoms with E-state index in [2.05, 4.69) is 26.5 Å². The van der Waals surface area contributed by atoms with Gasteiger partial charge in [-0.25, -0.2) is 5.43 Å². The fraction of sp³-hybridized carbons (Fsp3) is 0.125. The molecular weight excluding hydrogens is 394 g/mol. The van der Waals surface area contributed by atoms with E-state index < -0.39 is 4.92 Å². The lowest BCUT2D eigenvalue weighted by molar-refractivity contribution is -0.385. The number of nitro benzene ring substituents is 1. The Hall–Kier alpha value is -2.94. The van der Waals surface area contributed by atoms with Crippen LogP contribution in [0.3, 0.4) is 0 Å². The molecule has 0 spiro atoms. The average Bonchev–Trinajstić information content (AvgIpc) is 2.59. The third-order valence-corrected chi connectivity index (χ3v) is 3.81. The Morgan fingerprint density at radius 2 is 2.08 bits per heavy atom. The minimum Gasteiger partial charge on any atom is -0.506 e. The van der Waals surface area contributed by atoms with E-state index >= 15 is 0 Å². The minimum atomic E-state index is -0.593. The van der Waals surface area contributed by atoms with Gasteiger partial charge in [-0.3, -0.25) is 14.9 Å². The van der Waals surface area contributed by atoms with E-state index in [1.165, 1.54) is 6.07 Å². The number of benzene rings is 2. The maximum atomic E-state index is 11.8. The zero-order valence-electron chi connectivity index (χ0n) is 13.1. The maximum absolute atomic E-state index is 11.8. The topological polar surface area (TPSA) is 114 Å². The second-order valence-electron chi connectivity index (χ2n) is 4.94. The molecular formula is C16H14BrN3O5. The van der Waals surface area contributed by atoms with Crippen molar-refractivity contribution in [2.45, 2.75) is 6.42 Å². The number of hydrazone groups is 1. The van der Waals surface area contributed by atoms with E-state index in [4.69, 9.17) is 4.74 Å². The first-order valence-corrected chi connectivity index (χ1v) is 7.81. The number of hydrogen-bond donors (Lipinski definition) is 2. The smallest absolute Gasteiger partial charge is 0.271 e. The number of rotatable bonds is 6. The van der Waals surface area contributed by atoms with Gasteiger partial charge < -0.3 is 9.84 Å². The lowest BCUT2D eigenvalue weighted by Crippen LogP contribution is -2.19.